The number of hydrogen-bond acceptors (Lipinski definition) is 1. The molecule has 3 rings (SSSR count). The highest BCUT2D eigenvalue weighted by atomic mass is 35.5. The summed E-state index contributed by atoms with van der Waals surface area (Å²) in [7, 11) is 0. The molecule has 0 aliphatic heterocycles. The first kappa shape index (κ1) is 26.1. The van der Waals surface area contributed by atoms with Crippen molar-refractivity contribution in [2.45, 2.75) is 45.3 Å². The van der Waals surface area contributed by atoms with E-state index in [0.29, 0.717) is 18.0 Å². The fraction of sp³-hybridized carbons (Fsp3) is 0.296. The fourth-order valence-corrected chi connectivity index (χ4v) is 3.92. The summed E-state index contributed by atoms with van der Waals surface area (Å²) < 4.78 is 39.9. The van der Waals surface area contributed by atoms with Crippen molar-refractivity contribution in [1.82, 2.24) is 4.90 Å². The van der Waals surface area contributed by atoms with Crippen molar-refractivity contribution in [3.05, 3.63) is 105 Å². The molecule has 3 aromatic rings. The molecule has 0 N–H and O–H groups in total. The third kappa shape index (κ3) is 7.00. The van der Waals surface area contributed by atoms with Gasteiger partial charge in [-0.2, -0.15) is 13.2 Å². The molecular weight excluding hydrogens is 482 g/mol. The molecule has 3 aromatic carbocycles. The monoisotopic (exact) mass is 507 g/mol. The van der Waals surface area contributed by atoms with E-state index >= 15 is 0 Å². The van der Waals surface area contributed by atoms with Crippen molar-refractivity contribution in [3.8, 4) is 0 Å². The molecule has 1 amide bonds. The minimum Gasteiger partial charge on any atom is -0.334 e. The number of amides is 1. The van der Waals surface area contributed by atoms with Gasteiger partial charge in [-0.1, -0.05) is 80.4 Å². The van der Waals surface area contributed by atoms with Gasteiger partial charge >= 0.3 is 6.18 Å². The predicted octanol–water partition coefficient (Wildman–Crippen LogP) is 8.19. The third-order valence-corrected chi connectivity index (χ3v) is 6.01. The minimum absolute atomic E-state index is 0.0165. The molecule has 0 unspecified atom stereocenters. The van der Waals surface area contributed by atoms with E-state index in [1.54, 1.807) is 17.0 Å². The quantitative estimate of drug-likeness (QED) is 0.329. The second-order valence-corrected chi connectivity index (χ2v) is 10.1. The molecule has 0 aliphatic rings. The number of alkyl halides is 3. The third-order valence-electron chi connectivity index (χ3n) is 5.54. The first-order valence-electron chi connectivity index (χ1n) is 10.8. The summed E-state index contributed by atoms with van der Waals surface area (Å²) in [6.45, 7) is 6.91. The van der Waals surface area contributed by atoms with Gasteiger partial charge < -0.3 is 4.90 Å². The number of hydrogen-bond donors (Lipinski definition) is 0. The van der Waals surface area contributed by atoms with E-state index in [0.717, 1.165) is 28.8 Å². The van der Waals surface area contributed by atoms with Crippen molar-refractivity contribution in [2.24, 2.45) is 0 Å². The summed E-state index contributed by atoms with van der Waals surface area (Å²) in [6, 6.07) is 18.1. The summed E-state index contributed by atoms with van der Waals surface area (Å²) in [4.78, 5) is 14.9. The van der Waals surface area contributed by atoms with Crippen LogP contribution in [0.15, 0.2) is 66.7 Å². The Morgan fingerprint density at radius 3 is 1.94 bits per heavy atom. The molecule has 34 heavy (non-hydrogen) atoms. The van der Waals surface area contributed by atoms with E-state index in [9.17, 15) is 18.0 Å². The molecule has 0 saturated heterocycles. The van der Waals surface area contributed by atoms with Gasteiger partial charge in [-0.25, -0.2) is 0 Å². The average molecular weight is 508 g/mol. The molecule has 0 bridgehead atoms. The molecule has 0 saturated carbocycles. The Bertz CT molecular complexity index is 1130. The molecule has 0 spiro atoms. The molecule has 180 valence electrons. The molecule has 2 nitrogen and oxygen atoms in total. The Labute approximate surface area is 208 Å². The van der Waals surface area contributed by atoms with Crippen LogP contribution in [0, 0.1) is 0 Å². The van der Waals surface area contributed by atoms with Crippen molar-refractivity contribution in [3.63, 3.8) is 0 Å². The van der Waals surface area contributed by atoms with Crippen molar-refractivity contribution in [1.29, 1.82) is 0 Å². The number of carbonyl (C=O) groups excluding carboxylic acids is 1. The van der Waals surface area contributed by atoms with Gasteiger partial charge in [0, 0.05) is 28.7 Å². The van der Waals surface area contributed by atoms with E-state index in [4.69, 9.17) is 23.2 Å². The number of rotatable bonds is 6. The minimum atomic E-state index is -4.60. The van der Waals surface area contributed by atoms with Crippen LogP contribution < -0.4 is 0 Å². The molecule has 7 heteroatoms. The Kier molecular flexibility index (Phi) is 7.99. The van der Waals surface area contributed by atoms with Crippen LogP contribution in [-0.4, -0.2) is 17.4 Å². The molecule has 0 aromatic heterocycles. The van der Waals surface area contributed by atoms with Gasteiger partial charge in [0.1, 0.15) is 0 Å². The van der Waals surface area contributed by atoms with Crippen LogP contribution in [0.2, 0.25) is 10.0 Å². The predicted molar refractivity (Wildman–Crippen MR) is 131 cm³/mol. The molecule has 0 fully saturated rings. The maximum atomic E-state index is 13.4. The summed E-state index contributed by atoms with van der Waals surface area (Å²) in [5, 5.41) is 0.472. The van der Waals surface area contributed by atoms with Gasteiger partial charge in [0.15, 0.2) is 0 Å². The molecule has 0 aliphatic carbocycles. The van der Waals surface area contributed by atoms with Crippen molar-refractivity contribution < 1.29 is 18.0 Å². The van der Waals surface area contributed by atoms with Crippen LogP contribution in [0.3, 0.4) is 0 Å². The zero-order chi connectivity index (χ0) is 25.1. The second-order valence-electron chi connectivity index (χ2n) is 9.28. The van der Waals surface area contributed by atoms with E-state index < -0.39 is 17.6 Å². The van der Waals surface area contributed by atoms with Gasteiger partial charge in [-0.05, 0) is 58.9 Å². The zero-order valence-corrected chi connectivity index (χ0v) is 20.7. The maximum absolute atomic E-state index is 13.4. The van der Waals surface area contributed by atoms with Gasteiger partial charge in [-0.3, -0.25) is 4.79 Å². The highest BCUT2D eigenvalue weighted by Gasteiger charge is 2.32. The molecule has 0 atom stereocenters. The van der Waals surface area contributed by atoms with Gasteiger partial charge in [0.2, 0.25) is 0 Å². The lowest BCUT2D eigenvalue weighted by Crippen LogP contribution is -2.32. The second kappa shape index (κ2) is 10.4. The van der Waals surface area contributed by atoms with E-state index in [1.807, 2.05) is 36.4 Å². The normalized spacial score (nSPS) is 12.0. The topological polar surface area (TPSA) is 20.3 Å². The fourth-order valence-electron chi connectivity index (χ4n) is 3.56. The van der Waals surface area contributed by atoms with E-state index in [2.05, 4.69) is 20.8 Å². The highest BCUT2D eigenvalue weighted by molar-refractivity contribution is 6.31. The Balaban J connectivity index is 1.89. The smallest absolute Gasteiger partial charge is 0.334 e. The highest BCUT2D eigenvalue weighted by Crippen LogP contribution is 2.32. The Hall–Kier alpha value is -2.50. The number of nitrogens with zero attached hydrogens (tertiary/aromatic N) is 1. The molecule has 0 radical (unpaired) electrons. The average Bonchev–Trinajstić information content (AvgIpc) is 2.76. The van der Waals surface area contributed by atoms with Gasteiger partial charge in [0.25, 0.3) is 5.91 Å². The summed E-state index contributed by atoms with van der Waals surface area (Å²) in [5.41, 5.74) is 1.94. The summed E-state index contributed by atoms with van der Waals surface area (Å²) in [6.07, 6.45) is -4.08. The zero-order valence-electron chi connectivity index (χ0n) is 19.2. The van der Waals surface area contributed by atoms with Crippen molar-refractivity contribution in [2.75, 3.05) is 6.54 Å². The van der Waals surface area contributed by atoms with Crippen molar-refractivity contribution >= 4 is 29.1 Å². The molecular formula is C27H26Cl2F3NO. The van der Waals surface area contributed by atoms with Crippen LogP contribution in [0.1, 0.15) is 53.4 Å². The summed E-state index contributed by atoms with van der Waals surface area (Å²) in [5.74, 6) is -0.512. The SMILES string of the molecule is CC(C)(C)c1ccc(CN(CCc2ccc(Cl)cc2)C(=O)c2cc(Cl)cc(C(F)(F)F)c2)cc1. The molecule has 0 heterocycles. The lowest BCUT2D eigenvalue weighted by atomic mass is 9.87. The largest absolute Gasteiger partial charge is 0.416 e. The standard InChI is InChI=1S/C27H26Cl2F3NO/c1-26(2,3)21-8-4-19(5-9-21)17-33(13-12-18-6-10-23(28)11-7-18)25(34)20-14-22(27(30,31)32)16-24(29)15-20/h4-11,14-16H,12-13,17H2,1-3H3. The Morgan fingerprint density at radius 1 is 0.794 bits per heavy atom. The first-order chi connectivity index (χ1) is 15.8. The lowest BCUT2D eigenvalue weighted by Gasteiger charge is -2.25. The Morgan fingerprint density at radius 2 is 1.38 bits per heavy atom. The van der Waals surface area contributed by atoms with Crippen LogP contribution in [0.25, 0.3) is 0 Å². The van der Waals surface area contributed by atoms with Gasteiger partial charge in [0.05, 0.1) is 5.56 Å². The van der Waals surface area contributed by atoms with Crippen LogP contribution in [-0.2, 0) is 24.6 Å². The van der Waals surface area contributed by atoms with E-state index in [1.165, 1.54) is 6.07 Å². The number of benzene rings is 3. The van der Waals surface area contributed by atoms with Gasteiger partial charge in [-0.15, -0.1) is 0 Å². The first-order valence-corrected chi connectivity index (χ1v) is 11.6. The number of halogens is 5. The van der Waals surface area contributed by atoms with Crippen LogP contribution in [0.5, 0.6) is 0 Å². The maximum Gasteiger partial charge on any atom is 0.416 e. The van der Waals surface area contributed by atoms with Crippen LogP contribution in [0.4, 0.5) is 13.2 Å². The lowest BCUT2D eigenvalue weighted by molar-refractivity contribution is -0.137. The number of carbonyl (C=O) groups is 1. The van der Waals surface area contributed by atoms with Crippen LogP contribution >= 0.6 is 23.2 Å². The van der Waals surface area contributed by atoms with E-state index in [-0.39, 0.29) is 22.5 Å². The summed E-state index contributed by atoms with van der Waals surface area (Å²) >= 11 is 11.9.